The molecule has 0 rings (SSSR count). The van der Waals surface area contributed by atoms with Gasteiger partial charge < -0.3 is 0 Å². The molecule has 0 saturated carbocycles. The number of hydrogen-bond acceptors (Lipinski definition) is 1. The molecule has 68 valence electrons. The molecule has 0 aromatic rings. The van der Waals surface area contributed by atoms with Crippen LogP contribution in [0, 0.1) is 0 Å². The highest BCUT2D eigenvalue weighted by atomic mass is 16.1. The van der Waals surface area contributed by atoms with E-state index in [1.54, 1.807) is 0 Å². The minimum atomic E-state index is 0.179. The summed E-state index contributed by atoms with van der Waals surface area (Å²) < 4.78 is 0. The van der Waals surface area contributed by atoms with Crippen LogP contribution in [0.2, 0.25) is 0 Å². The van der Waals surface area contributed by atoms with Crippen LogP contribution in [0.1, 0.15) is 40.5 Å². The predicted molar refractivity (Wildman–Crippen MR) is 53.1 cm³/mol. The van der Waals surface area contributed by atoms with Crippen LogP contribution < -0.4 is 0 Å². The summed E-state index contributed by atoms with van der Waals surface area (Å²) in [6.45, 7) is 7.82. The van der Waals surface area contributed by atoms with Crippen molar-refractivity contribution in [3.63, 3.8) is 0 Å². The Morgan fingerprint density at radius 1 is 1.00 bits per heavy atom. The van der Waals surface area contributed by atoms with Gasteiger partial charge >= 0.3 is 0 Å². The lowest BCUT2D eigenvalue weighted by atomic mass is 10.0. The van der Waals surface area contributed by atoms with Gasteiger partial charge in [-0.1, -0.05) is 26.0 Å². The van der Waals surface area contributed by atoms with Gasteiger partial charge in [-0.2, -0.15) is 0 Å². The summed E-state index contributed by atoms with van der Waals surface area (Å²) in [7, 11) is 0. The fourth-order valence-corrected chi connectivity index (χ4v) is 1.11. The average molecular weight is 166 g/mol. The van der Waals surface area contributed by atoms with Crippen molar-refractivity contribution in [2.24, 2.45) is 0 Å². The maximum Gasteiger partial charge on any atom is 0.183 e. The minimum Gasteiger partial charge on any atom is -0.289 e. The zero-order valence-corrected chi connectivity index (χ0v) is 8.48. The summed E-state index contributed by atoms with van der Waals surface area (Å²) in [4.78, 5) is 11.5. The summed E-state index contributed by atoms with van der Waals surface area (Å²) in [6.07, 6.45) is 5.79. The standard InChI is InChI=1S/C11H18O/c1-5-7-9(3)11(12)10(4)8-6-2/h7-8H,5-6H2,1-4H3/b9-7-,10-8-. The number of hydrogen-bond donors (Lipinski definition) is 0. The van der Waals surface area contributed by atoms with Gasteiger partial charge in [0, 0.05) is 0 Å². The Morgan fingerprint density at radius 3 is 1.58 bits per heavy atom. The fraction of sp³-hybridized carbons (Fsp3) is 0.545. The molecule has 0 N–H and O–H groups in total. The van der Waals surface area contributed by atoms with Crippen LogP contribution >= 0.6 is 0 Å². The average Bonchev–Trinajstić information content (AvgIpc) is 2.04. The third kappa shape index (κ3) is 3.51. The number of ketones is 1. The van der Waals surface area contributed by atoms with E-state index in [0.717, 1.165) is 24.0 Å². The van der Waals surface area contributed by atoms with Crippen LogP contribution in [-0.4, -0.2) is 5.78 Å². The number of carbonyl (C=O) groups is 1. The first-order valence-electron chi connectivity index (χ1n) is 4.51. The molecule has 0 unspecified atom stereocenters. The Morgan fingerprint density at radius 2 is 1.33 bits per heavy atom. The van der Waals surface area contributed by atoms with Crippen molar-refractivity contribution in [3.05, 3.63) is 23.3 Å². The summed E-state index contributed by atoms with van der Waals surface area (Å²) in [5, 5.41) is 0. The van der Waals surface area contributed by atoms with Gasteiger partial charge in [0.2, 0.25) is 0 Å². The highest BCUT2D eigenvalue weighted by Gasteiger charge is 2.04. The zero-order valence-electron chi connectivity index (χ0n) is 8.48. The first-order chi connectivity index (χ1) is 5.63. The minimum absolute atomic E-state index is 0.179. The van der Waals surface area contributed by atoms with Crippen LogP contribution in [0.5, 0.6) is 0 Å². The van der Waals surface area contributed by atoms with E-state index in [4.69, 9.17) is 0 Å². The number of allylic oxidation sites excluding steroid dienone is 4. The van der Waals surface area contributed by atoms with Gasteiger partial charge in [0.1, 0.15) is 0 Å². The Balaban J connectivity index is 4.39. The molecule has 0 aliphatic carbocycles. The molecular formula is C11H18O. The van der Waals surface area contributed by atoms with E-state index in [9.17, 15) is 4.79 Å². The number of carbonyl (C=O) groups excluding carboxylic acids is 1. The van der Waals surface area contributed by atoms with Gasteiger partial charge in [0.15, 0.2) is 5.78 Å². The van der Waals surface area contributed by atoms with Gasteiger partial charge in [-0.3, -0.25) is 4.79 Å². The normalized spacial score (nSPS) is 13.3. The van der Waals surface area contributed by atoms with Crippen molar-refractivity contribution < 1.29 is 4.79 Å². The molecule has 12 heavy (non-hydrogen) atoms. The van der Waals surface area contributed by atoms with E-state index in [0.29, 0.717) is 0 Å². The van der Waals surface area contributed by atoms with Crippen molar-refractivity contribution in [1.29, 1.82) is 0 Å². The molecule has 0 amide bonds. The van der Waals surface area contributed by atoms with Crippen molar-refractivity contribution in [2.45, 2.75) is 40.5 Å². The van der Waals surface area contributed by atoms with Gasteiger partial charge in [-0.05, 0) is 37.8 Å². The molecule has 1 heteroatoms. The van der Waals surface area contributed by atoms with Crippen molar-refractivity contribution >= 4 is 5.78 Å². The lowest BCUT2D eigenvalue weighted by Gasteiger charge is -1.99. The summed E-state index contributed by atoms with van der Waals surface area (Å²) in [6, 6.07) is 0. The lowest BCUT2D eigenvalue weighted by molar-refractivity contribution is -0.112. The first kappa shape index (κ1) is 11.2. The molecule has 0 aromatic heterocycles. The smallest absolute Gasteiger partial charge is 0.183 e. The Kier molecular flexibility index (Phi) is 5.35. The van der Waals surface area contributed by atoms with Gasteiger partial charge in [-0.25, -0.2) is 0 Å². The molecular weight excluding hydrogens is 148 g/mol. The third-order valence-electron chi connectivity index (χ3n) is 1.74. The molecule has 0 aromatic carbocycles. The molecule has 0 aliphatic heterocycles. The van der Waals surface area contributed by atoms with Crippen molar-refractivity contribution in [3.8, 4) is 0 Å². The molecule has 0 bridgehead atoms. The van der Waals surface area contributed by atoms with Gasteiger partial charge in [-0.15, -0.1) is 0 Å². The van der Waals surface area contributed by atoms with Crippen molar-refractivity contribution in [1.82, 2.24) is 0 Å². The van der Waals surface area contributed by atoms with Crippen LogP contribution in [0.15, 0.2) is 23.3 Å². The Bertz CT molecular complexity index is 187. The zero-order chi connectivity index (χ0) is 9.56. The second-order valence-electron chi connectivity index (χ2n) is 2.92. The van der Waals surface area contributed by atoms with Crippen LogP contribution in [0.25, 0.3) is 0 Å². The summed E-state index contributed by atoms with van der Waals surface area (Å²) in [5.74, 6) is 0.179. The van der Waals surface area contributed by atoms with E-state index >= 15 is 0 Å². The lowest BCUT2D eigenvalue weighted by Crippen LogP contribution is -2.00. The highest BCUT2D eigenvalue weighted by molar-refractivity contribution is 6.07. The van der Waals surface area contributed by atoms with E-state index < -0.39 is 0 Å². The summed E-state index contributed by atoms with van der Waals surface area (Å²) >= 11 is 0. The topological polar surface area (TPSA) is 17.1 Å². The van der Waals surface area contributed by atoms with Crippen LogP contribution in [0.4, 0.5) is 0 Å². The Labute approximate surface area is 75.2 Å². The largest absolute Gasteiger partial charge is 0.289 e. The van der Waals surface area contributed by atoms with Crippen molar-refractivity contribution in [2.75, 3.05) is 0 Å². The van der Waals surface area contributed by atoms with E-state index in [1.807, 2.05) is 39.8 Å². The van der Waals surface area contributed by atoms with Crippen LogP contribution in [-0.2, 0) is 4.79 Å². The van der Waals surface area contributed by atoms with E-state index in [2.05, 4.69) is 0 Å². The highest BCUT2D eigenvalue weighted by Crippen LogP contribution is 2.06. The number of Topliss-reactive ketones (excluding diaryl/α,β-unsaturated/α-hetero) is 1. The van der Waals surface area contributed by atoms with E-state index in [-0.39, 0.29) is 5.78 Å². The molecule has 1 nitrogen and oxygen atoms in total. The van der Waals surface area contributed by atoms with Crippen LogP contribution in [0.3, 0.4) is 0 Å². The Hall–Kier alpha value is -0.850. The molecule has 0 aliphatic rings. The van der Waals surface area contributed by atoms with E-state index in [1.165, 1.54) is 0 Å². The first-order valence-corrected chi connectivity index (χ1v) is 4.51. The molecule has 0 atom stereocenters. The quantitative estimate of drug-likeness (QED) is 0.586. The molecule has 0 heterocycles. The number of rotatable bonds is 4. The fourth-order valence-electron chi connectivity index (χ4n) is 1.11. The third-order valence-corrected chi connectivity index (χ3v) is 1.74. The molecule has 0 spiro atoms. The van der Waals surface area contributed by atoms with Gasteiger partial charge in [0.25, 0.3) is 0 Å². The maximum atomic E-state index is 11.5. The molecule has 0 fully saturated rings. The monoisotopic (exact) mass is 166 g/mol. The molecule has 0 saturated heterocycles. The maximum absolute atomic E-state index is 11.5. The SMILES string of the molecule is CC/C=C(/C)C(=O)/C(C)=C\CC. The predicted octanol–water partition coefficient (Wildman–Crippen LogP) is 3.27. The summed E-state index contributed by atoms with van der Waals surface area (Å²) in [5.41, 5.74) is 1.72. The second kappa shape index (κ2) is 5.76. The van der Waals surface area contributed by atoms with Gasteiger partial charge in [0.05, 0.1) is 0 Å². The molecule has 0 radical (unpaired) electrons. The second-order valence-corrected chi connectivity index (χ2v) is 2.92.